The molecule has 1 aliphatic rings. The molecule has 0 unspecified atom stereocenters. The van der Waals surface area contributed by atoms with Gasteiger partial charge >= 0.3 is 0 Å². The molecule has 1 N–H and O–H groups in total. The van der Waals surface area contributed by atoms with Gasteiger partial charge in [-0.15, -0.1) is 11.3 Å². The second-order valence-electron chi connectivity index (χ2n) is 6.54. The lowest BCUT2D eigenvalue weighted by Crippen LogP contribution is -2.16. The number of aromatic nitrogens is 1. The minimum atomic E-state index is -0.248. The fraction of sp³-hybridized carbons (Fsp3) is 0.190. The first-order valence-electron chi connectivity index (χ1n) is 8.75. The molecule has 2 aromatic carbocycles. The summed E-state index contributed by atoms with van der Waals surface area (Å²) in [6.45, 7) is 3.58. The highest BCUT2D eigenvalue weighted by Gasteiger charge is 2.20. The van der Waals surface area contributed by atoms with Crippen molar-refractivity contribution in [3.8, 4) is 22.1 Å². The van der Waals surface area contributed by atoms with E-state index in [4.69, 9.17) is 9.47 Å². The van der Waals surface area contributed by atoms with Crippen LogP contribution in [0.5, 0.6) is 11.5 Å². The number of thiazole rings is 1. The zero-order valence-electron chi connectivity index (χ0n) is 15.4. The first-order valence-corrected chi connectivity index (χ1v) is 9.63. The molecule has 0 saturated heterocycles. The van der Waals surface area contributed by atoms with E-state index in [1.54, 1.807) is 12.1 Å². The minimum absolute atomic E-state index is 0.102. The average Bonchev–Trinajstić information content (AvgIpc) is 3.30. The topological polar surface area (TPSA) is 77.5 Å². The van der Waals surface area contributed by atoms with E-state index in [1.807, 2.05) is 36.6 Å². The normalized spacial score (nSPS) is 12.1. The molecule has 7 heteroatoms. The molecule has 0 fully saturated rings. The van der Waals surface area contributed by atoms with E-state index >= 15 is 0 Å². The van der Waals surface area contributed by atoms with Gasteiger partial charge in [0.1, 0.15) is 5.01 Å². The molecule has 4 rings (SSSR count). The lowest BCUT2D eigenvalue weighted by atomic mass is 10.1. The molecule has 0 radical (unpaired) electrons. The second-order valence-corrected chi connectivity index (χ2v) is 7.40. The molecule has 0 saturated carbocycles. The van der Waals surface area contributed by atoms with Gasteiger partial charge in [-0.1, -0.05) is 29.8 Å². The van der Waals surface area contributed by atoms with Crippen LogP contribution in [0.15, 0.2) is 41.8 Å². The Morgan fingerprint density at radius 1 is 1.14 bits per heavy atom. The molecule has 142 valence electrons. The summed E-state index contributed by atoms with van der Waals surface area (Å²) >= 11 is 1.50. The highest BCUT2D eigenvalue weighted by atomic mass is 32.1. The van der Waals surface area contributed by atoms with Crippen LogP contribution in [0.2, 0.25) is 0 Å². The molecule has 2 heterocycles. The predicted octanol–water partition coefficient (Wildman–Crippen LogP) is 4.23. The smallest absolute Gasteiger partial charge is 0.231 e. The van der Waals surface area contributed by atoms with E-state index in [0.717, 1.165) is 10.6 Å². The monoisotopic (exact) mass is 394 g/mol. The Labute approximate surface area is 166 Å². The molecule has 0 spiro atoms. The number of Topliss-reactive ketones (excluding diaryl/α,β-unsaturated/α-hetero) is 1. The van der Waals surface area contributed by atoms with Crippen LogP contribution in [0, 0.1) is 6.92 Å². The summed E-state index contributed by atoms with van der Waals surface area (Å²) in [5.74, 6) is 0.604. The van der Waals surface area contributed by atoms with Crippen molar-refractivity contribution in [2.24, 2.45) is 0 Å². The molecule has 0 atom stereocenters. The zero-order chi connectivity index (χ0) is 19.7. The molecule has 6 nitrogen and oxygen atoms in total. The number of carbonyl (C=O) groups is 2. The summed E-state index contributed by atoms with van der Waals surface area (Å²) in [6.07, 6.45) is 0.119. The van der Waals surface area contributed by atoms with Crippen molar-refractivity contribution >= 4 is 28.7 Å². The van der Waals surface area contributed by atoms with Crippen molar-refractivity contribution in [2.45, 2.75) is 20.3 Å². The van der Waals surface area contributed by atoms with Crippen LogP contribution in [0.4, 0.5) is 5.69 Å². The van der Waals surface area contributed by atoms with E-state index in [2.05, 4.69) is 10.3 Å². The molecule has 0 aliphatic carbocycles. The summed E-state index contributed by atoms with van der Waals surface area (Å²) in [5, 5.41) is 5.54. The van der Waals surface area contributed by atoms with E-state index in [1.165, 1.54) is 23.8 Å². The lowest BCUT2D eigenvalue weighted by molar-refractivity contribution is -0.115. The van der Waals surface area contributed by atoms with Crippen LogP contribution < -0.4 is 14.8 Å². The SMILES string of the molecule is CC(=O)c1cc2c(cc1NC(=O)Cc1csc(-c3ccc(C)cc3)n1)OCO2. The third-order valence-corrected chi connectivity index (χ3v) is 5.30. The fourth-order valence-electron chi connectivity index (χ4n) is 2.91. The fourth-order valence-corrected chi connectivity index (χ4v) is 3.74. The maximum absolute atomic E-state index is 12.5. The summed E-state index contributed by atoms with van der Waals surface area (Å²) < 4.78 is 10.6. The number of benzene rings is 2. The highest BCUT2D eigenvalue weighted by molar-refractivity contribution is 7.13. The number of ether oxygens (including phenoxy) is 2. The number of rotatable bonds is 5. The van der Waals surface area contributed by atoms with Crippen LogP contribution in [-0.4, -0.2) is 23.5 Å². The summed E-state index contributed by atoms with van der Waals surface area (Å²) in [5.41, 5.74) is 3.69. The van der Waals surface area contributed by atoms with E-state index < -0.39 is 0 Å². The van der Waals surface area contributed by atoms with Crippen molar-refractivity contribution < 1.29 is 19.1 Å². The minimum Gasteiger partial charge on any atom is -0.454 e. The number of aryl methyl sites for hydroxylation is 1. The summed E-state index contributed by atoms with van der Waals surface area (Å²) in [7, 11) is 0. The standard InChI is InChI=1S/C21H18N2O4S/c1-12-3-5-14(6-4-12)21-22-15(10-28-21)7-20(25)23-17-9-19-18(26-11-27-19)8-16(17)13(2)24/h3-6,8-10H,7,11H2,1-2H3,(H,23,25). The quantitative estimate of drug-likeness (QED) is 0.655. The number of amides is 1. The number of nitrogens with one attached hydrogen (secondary N) is 1. The summed E-state index contributed by atoms with van der Waals surface area (Å²) in [4.78, 5) is 29.0. The zero-order valence-corrected chi connectivity index (χ0v) is 16.3. The Balaban J connectivity index is 1.49. The van der Waals surface area contributed by atoms with Crippen LogP contribution >= 0.6 is 11.3 Å². The number of hydrogen-bond acceptors (Lipinski definition) is 6. The molecule has 3 aromatic rings. The van der Waals surface area contributed by atoms with Gasteiger partial charge in [-0.25, -0.2) is 4.98 Å². The van der Waals surface area contributed by atoms with Gasteiger partial charge in [-0.05, 0) is 19.9 Å². The number of nitrogens with zero attached hydrogens (tertiary/aromatic N) is 1. The summed E-state index contributed by atoms with van der Waals surface area (Å²) in [6, 6.07) is 11.3. The first-order chi connectivity index (χ1) is 13.5. The van der Waals surface area contributed by atoms with Crippen LogP contribution in [0.1, 0.15) is 28.5 Å². The van der Waals surface area contributed by atoms with Crippen molar-refractivity contribution in [3.63, 3.8) is 0 Å². The Hall–Kier alpha value is -3.19. The first kappa shape index (κ1) is 18.2. The van der Waals surface area contributed by atoms with Gasteiger partial charge in [0.15, 0.2) is 17.3 Å². The molecular weight excluding hydrogens is 376 g/mol. The number of fused-ring (bicyclic) bond motifs is 1. The van der Waals surface area contributed by atoms with Crippen molar-refractivity contribution in [1.82, 2.24) is 4.98 Å². The number of ketones is 1. The highest BCUT2D eigenvalue weighted by Crippen LogP contribution is 2.37. The van der Waals surface area contributed by atoms with Gasteiger partial charge in [0.2, 0.25) is 12.7 Å². The van der Waals surface area contributed by atoms with Crippen LogP contribution in [0.25, 0.3) is 10.6 Å². The Morgan fingerprint density at radius 3 is 2.57 bits per heavy atom. The largest absolute Gasteiger partial charge is 0.454 e. The molecule has 28 heavy (non-hydrogen) atoms. The lowest BCUT2D eigenvalue weighted by Gasteiger charge is -2.10. The average molecular weight is 394 g/mol. The Morgan fingerprint density at radius 2 is 1.86 bits per heavy atom. The number of hydrogen-bond donors (Lipinski definition) is 1. The van der Waals surface area contributed by atoms with Crippen molar-refractivity contribution in [1.29, 1.82) is 0 Å². The Bertz CT molecular complexity index is 1060. The van der Waals surface area contributed by atoms with Gasteiger partial charge in [0.25, 0.3) is 0 Å². The van der Waals surface area contributed by atoms with E-state index in [0.29, 0.717) is 28.4 Å². The number of carbonyl (C=O) groups excluding carboxylic acids is 2. The molecular formula is C21H18N2O4S. The predicted molar refractivity (Wildman–Crippen MR) is 107 cm³/mol. The second kappa shape index (κ2) is 7.44. The van der Waals surface area contributed by atoms with Gasteiger partial charge in [-0.3, -0.25) is 9.59 Å². The third-order valence-electron chi connectivity index (χ3n) is 4.36. The van der Waals surface area contributed by atoms with Gasteiger partial charge in [-0.2, -0.15) is 0 Å². The maximum atomic E-state index is 12.5. The number of anilines is 1. The van der Waals surface area contributed by atoms with Crippen LogP contribution in [0.3, 0.4) is 0 Å². The molecule has 1 aliphatic heterocycles. The van der Waals surface area contributed by atoms with Crippen molar-refractivity contribution in [3.05, 3.63) is 58.6 Å². The maximum Gasteiger partial charge on any atom is 0.231 e. The van der Waals surface area contributed by atoms with Crippen LogP contribution in [-0.2, 0) is 11.2 Å². The van der Waals surface area contributed by atoms with Crippen molar-refractivity contribution in [2.75, 3.05) is 12.1 Å². The third kappa shape index (κ3) is 3.75. The van der Waals surface area contributed by atoms with Gasteiger partial charge < -0.3 is 14.8 Å². The molecule has 0 bridgehead atoms. The molecule has 1 amide bonds. The van der Waals surface area contributed by atoms with Gasteiger partial charge in [0, 0.05) is 22.6 Å². The van der Waals surface area contributed by atoms with E-state index in [9.17, 15) is 9.59 Å². The van der Waals surface area contributed by atoms with Gasteiger partial charge in [0.05, 0.1) is 17.8 Å². The Kier molecular flexibility index (Phi) is 4.83. The van der Waals surface area contributed by atoms with E-state index in [-0.39, 0.29) is 24.9 Å². The molecule has 1 aromatic heterocycles.